The Morgan fingerprint density at radius 2 is 2.33 bits per heavy atom. The van der Waals surface area contributed by atoms with Gasteiger partial charge in [0.05, 0.1) is 12.6 Å². The van der Waals surface area contributed by atoms with Gasteiger partial charge in [0.1, 0.15) is 10.7 Å². The summed E-state index contributed by atoms with van der Waals surface area (Å²) in [4.78, 5) is 4.05. The van der Waals surface area contributed by atoms with Gasteiger partial charge in [-0.05, 0) is 18.6 Å². The maximum Gasteiger partial charge on any atom is 0.244 e. The van der Waals surface area contributed by atoms with Crippen molar-refractivity contribution in [3.63, 3.8) is 0 Å². The van der Waals surface area contributed by atoms with Crippen molar-refractivity contribution in [2.24, 2.45) is 5.84 Å². The molecular formula is C10H16N4O3S. The molecule has 0 aliphatic carbocycles. The van der Waals surface area contributed by atoms with Crippen molar-refractivity contribution in [3.8, 4) is 0 Å². The SMILES string of the molecule is CN(C1CCOC1)S(=O)(=O)c1ccc(NN)nc1. The van der Waals surface area contributed by atoms with Crippen LogP contribution in [0.1, 0.15) is 6.42 Å². The number of pyridine rings is 1. The smallest absolute Gasteiger partial charge is 0.244 e. The maximum atomic E-state index is 12.3. The summed E-state index contributed by atoms with van der Waals surface area (Å²) in [7, 11) is -1.97. The summed E-state index contributed by atoms with van der Waals surface area (Å²) < 4.78 is 31.1. The average molecular weight is 272 g/mol. The molecule has 0 amide bonds. The lowest BCUT2D eigenvalue weighted by atomic mass is 10.3. The van der Waals surface area contributed by atoms with Gasteiger partial charge in [0.2, 0.25) is 10.0 Å². The average Bonchev–Trinajstić information content (AvgIpc) is 2.91. The van der Waals surface area contributed by atoms with Crippen molar-refractivity contribution in [1.82, 2.24) is 9.29 Å². The van der Waals surface area contributed by atoms with Crippen LogP contribution in [0.2, 0.25) is 0 Å². The number of nitrogens with two attached hydrogens (primary N) is 1. The first-order valence-corrected chi connectivity index (χ1v) is 6.98. The fraction of sp³-hybridized carbons (Fsp3) is 0.500. The normalized spacial score (nSPS) is 20.3. The second-order valence-corrected chi connectivity index (χ2v) is 6.06. The molecule has 8 heteroatoms. The van der Waals surface area contributed by atoms with E-state index in [2.05, 4.69) is 10.4 Å². The molecule has 1 aliphatic heterocycles. The molecule has 0 aromatic carbocycles. The first-order chi connectivity index (χ1) is 8.55. The van der Waals surface area contributed by atoms with E-state index in [0.717, 1.165) is 0 Å². The number of nitrogens with one attached hydrogen (secondary N) is 1. The number of hydrogen-bond acceptors (Lipinski definition) is 6. The predicted molar refractivity (Wildman–Crippen MR) is 66.2 cm³/mol. The van der Waals surface area contributed by atoms with Crippen LogP contribution in [0.5, 0.6) is 0 Å². The minimum Gasteiger partial charge on any atom is -0.380 e. The Hall–Kier alpha value is -1.22. The quantitative estimate of drug-likeness (QED) is 0.581. The van der Waals surface area contributed by atoms with Crippen LogP contribution < -0.4 is 11.3 Å². The Kier molecular flexibility index (Phi) is 3.81. The van der Waals surface area contributed by atoms with Gasteiger partial charge in [-0.2, -0.15) is 4.31 Å². The number of hydrazine groups is 1. The number of ether oxygens (including phenoxy) is 1. The van der Waals surface area contributed by atoms with E-state index < -0.39 is 10.0 Å². The molecule has 0 spiro atoms. The van der Waals surface area contributed by atoms with E-state index in [1.807, 2.05) is 0 Å². The first-order valence-electron chi connectivity index (χ1n) is 5.54. The topological polar surface area (TPSA) is 97.5 Å². The highest BCUT2D eigenvalue weighted by Crippen LogP contribution is 2.20. The van der Waals surface area contributed by atoms with Crippen LogP contribution in [-0.2, 0) is 14.8 Å². The molecule has 2 heterocycles. The number of hydrogen-bond donors (Lipinski definition) is 2. The summed E-state index contributed by atoms with van der Waals surface area (Å²) in [5, 5.41) is 0. The Morgan fingerprint density at radius 1 is 1.56 bits per heavy atom. The Bertz CT molecular complexity index is 496. The molecule has 1 unspecified atom stereocenters. The van der Waals surface area contributed by atoms with Crippen molar-refractivity contribution in [1.29, 1.82) is 0 Å². The van der Waals surface area contributed by atoms with E-state index in [9.17, 15) is 8.42 Å². The standard InChI is InChI=1S/C10H16N4O3S/c1-14(8-4-5-17-7-8)18(15,16)9-2-3-10(13-11)12-6-9/h2-3,6,8H,4-5,7,11H2,1H3,(H,12,13). The minimum absolute atomic E-state index is 0.109. The van der Waals surface area contributed by atoms with Gasteiger partial charge in [0.25, 0.3) is 0 Å². The van der Waals surface area contributed by atoms with Gasteiger partial charge < -0.3 is 10.2 Å². The maximum absolute atomic E-state index is 12.3. The van der Waals surface area contributed by atoms with Gasteiger partial charge in [-0.3, -0.25) is 0 Å². The molecule has 1 saturated heterocycles. The molecule has 1 fully saturated rings. The Balaban J connectivity index is 2.23. The van der Waals surface area contributed by atoms with Crippen molar-refractivity contribution in [3.05, 3.63) is 18.3 Å². The third-order valence-corrected chi connectivity index (χ3v) is 4.87. The van der Waals surface area contributed by atoms with Crippen LogP contribution in [0.25, 0.3) is 0 Å². The zero-order valence-corrected chi connectivity index (χ0v) is 10.9. The van der Waals surface area contributed by atoms with E-state index in [1.165, 1.54) is 22.6 Å². The van der Waals surface area contributed by atoms with Crippen LogP contribution in [0, 0.1) is 0 Å². The van der Waals surface area contributed by atoms with Crippen LogP contribution in [0.15, 0.2) is 23.2 Å². The largest absolute Gasteiger partial charge is 0.380 e. The van der Waals surface area contributed by atoms with Gasteiger partial charge >= 0.3 is 0 Å². The Morgan fingerprint density at radius 3 is 2.83 bits per heavy atom. The zero-order chi connectivity index (χ0) is 13.2. The van der Waals surface area contributed by atoms with Crippen LogP contribution in [0.3, 0.4) is 0 Å². The Labute approximate surface area is 106 Å². The highest BCUT2D eigenvalue weighted by Gasteiger charge is 2.30. The second-order valence-electron chi connectivity index (χ2n) is 4.06. The molecule has 0 bridgehead atoms. The fourth-order valence-electron chi connectivity index (χ4n) is 1.79. The van der Waals surface area contributed by atoms with Gasteiger partial charge in [-0.1, -0.05) is 0 Å². The number of anilines is 1. The predicted octanol–water partition coefficient (Wildman–Crippen LogP) is -0.223. The first kappa shape index (κ1) is 13.2. The molecule has 0 radical (unpaired) electrons. The third-order valence-electron chi connectivity index (χ3n) is 2.98. The highest BCUT2D eigenvalue weighted by molar-refractivity contribution is 7.89. The van der Waals surface area contributed by atoms with Crippen molar-refractivity contribution in [2.45, 2.75) is 17.4 Å². The third kappa shape index (κ3) is 2.46. The summed E-state index contributed by atoms with van der Waals surface area (Å²) in [6.45, 7) is 1.03. The van der Waals surface area contributed by atoms with Crippen LogP contribution in [0.4, 0.5) is 5.82 Å². The summed E-state index contributed by atoms with van der Waals surface area (Å²) in [5.74, 6) is 5.60. The number of nitrogen functional groups attached to an aromatic ring is 1. The lowest BCUT2D eigenvalue weighted by molar-refractivity contribution is 0.181. The molecule has 1 aliphatic rings. The zero-order valence-electron chi connectivity index (χ0n) is 10.0. The molecule has 100 valence electrons. The monoisotopic (exact) mass is 272 g/mol. The molecule has 7 nitrogen and oxygen atoms in total. The van der Waals surface area contributed by atoms with Gasteiger partial charge in [-0.15, -0.1) is 0 Å². The van der Waals surface area contributed by atoms with Crippen molar-refractivity contribution in [2.75, 3.05) is 25.7 Å². The lowest BCUT2D eigenvalue weighted by Crippen LogP contribution is -2.37. The molecular weight excluding hydrogens is 256 g/mol. The van der Waals surface area contributed by atoms with E-state index in [0.29, 0.717) is 25.5 Å². The van der Waals surface area contributed by atoms with Crippen molar-refractivity contribution >= 4 is 15.8 Å². The van der Waals surface area contributed by atoms with Gasteiger partial charge in [0.15, 0.2) is 0 Å². The minimum atomic E-state index is -3.53. The number of likely N-dealkylation sites (N-methyl/N-ethyl adjacent to an activating group) is 1. The summed E-state index contributed by atoms with van der Waals surface area (Å²) in [6.07, 6.45) is 2.00. The van der Waals surface area contributed by atoms with Crippen LogP contribution in [-0.4, -0.2) is 44.0 Å². The number of nitrogens with zero attached hydrogens (tertiary/aromatic N) is 2. The molecule has 1 atom stereocenters. The van der Waals surface area contributed by atoms with E-state index >= 15 is 0 Å². The van der Waals surface area contributed by atoms with E-state index in [4.69, 9.17) is 10.6 Å². The number of rotatable bonds is 4. The second kappa shape index (κ2) is 5.19. The van der Waals surface area contributed by atoms with Crippen LogP contribution >= 0.6 is 0 Å². The van der Waals surface area contributed by atoms with Gasteiger partial charge in [-0.25, -0.2) is 19.2 Å². The molecule has 0 saturated carbocycles. The molecule has 1 aromatic heterocycles. The molecule has 1 aromatic rings. The molecule has 3 N–H and O–H groups in total. The molecule has 2 rings (SSSR count). The summed E-state index contributed by atoms with van der Waals surface area (Å²) in [5.41, 5.74) is 2.35. The van der Waals surface area contributed by atoms with Crippen molar-refractivity contribution < 1.29 is 13.2 Å². The fourth-order valence-corrected chi connectivity index (χ4v) is 3.11. The van der Waals surface area contributed by atoms with E-state index in [1.54, 1.807) is 7.05 Å². The lowest BCUT2D eigenvalue weighted by Gasteiger charge is -2.22. The summed E-state index contributed by atoms with van der Waals surface area (Å²) in [6, 6.07) is 2.89. The number of sulfonamides is 1. The van der Waals surface area contributed by atoms with E-state index in [-0.39, 0.29) is 10.9 Å². The molecule has 18 heavy (non-hydrogen) atoms. The van der Waals surface area contributed by atoms with Gasteiger partial charge in [0, 0.05) is 19.9 Å². The number of aromatic nitrogens is 1. The highest BCUT2D eigenvalue weighted by atomic mass is 32.2. The summed E-state index contributed by atoms with van der Waals surface area (Å²) >= 11 is 0.